The molecule has 0 atom stereocenters. The first-order valence-electron chi connectivity index (χ1n) is 50.9. The van der Waals surface area contributed by atoms with Gasteiger partial charge in [0.05, 0.1) is 0 Å². The fourth-order valence-corrected chi connectivity index (χ4v) is 19.2. The van der Waals surface area contributed by atoms with E-state index in [-0.39, 0.29) is 5.78 Å². The third-order valence-corrected chi connectivity index (χ3v) is 29.4. The first-order valence-corrected chi connectivity index (χ1v) is 50.9. The molecule has 0 N–H and O–H groups in total. The van der Waals surface area contributed by atoms with Crippen LogP contribution in [0.3, 0.4) is 0 Å². The van der Waals surface area contributed by atoms with Gasteiger partial charge in [0.15, 0.2) is 0 Å². The van der Waals surface area contributed by atoms with Gasteiger partial charge >= 0.3 is 0 Å². The summed E-state index contributed by atoms with van der Waals surface area (Å²) < 4.78 is 0. The van der Waals surface area contributed by atoms with Gasteiger partial charge in [0.25, 0.3) is 0 Å². The van der Waals surface area contributed by atoms with Crippen LogP contribution in [-0.4, -0.2) is 11.6 Å². The number of aryl methyl sites for hydroxylation is 24. The molecule has 0 amide bonds. The predicted molar refractivity (Wildman–Crippen MR) is 596 cm³/mol. The highest BCUT2D eigenvalue weighted by Gasteiger charge is 2.19. The van der Waals surface area contributed by atoms with Gasteiger partial charge in [-0.05, 0) is 467 Å². The summed E-state index contributed by atoms with van der Waals surface area (Å²) in [5.74, 6) is 3.06. The number of fused-ring (bicyclic) bond motifs is 24. The number of hydrogen-bond acceptors (Lipinski definition) is 2. The Morgan fingerprint density at radius 3 is 0.417 bits per heavy atom. The topological polar surface area (TPSA) is 34.1 Å². The van der Waals surface area contributed by atoms with Crippen molar-refractivity contribution < 1.29 is 9.59 Å². The number of Topliss-reactive ketones (excluding diaryl/α,β-unsaturated/α-hetero) is 2. The molecule has 0 heterocycles. The van der Waals surface area contributed by atoms with E-state index >= 15 is 0 Å². The van der Waals surface area contributed by atoms with Crippen LogP contribution < -0.4 is 0 Å². The van der Waals surface area contributed by atoms with Crippen molar-refractivity contribution in [3.8, 4) is 0 Å². The fourth-order valence-electron chi connectivity index (χ4n) is 19.2. The summed E-state index contributed by atoms with van der Waals surface area (Å²) in [6.07, 6.45) is 23.1. The maximum absolute atomic E-state index is 10.7. The minimum absolute atomic E-state index is 0.287. The molecule has 0 aliphatic carbocycles. The Bertz CT molecular complexity index is 5040. The molecule has 0 saturated carbocycles. The largest absolute Gasteiger partial charge is 0.300 e. The molecular weight excluding hydrogens is 1590 g/mol. The van der Waals surface area contributed by atoms with Crippen LogP contribution in [0.15, 0.2) is 146 Å². The van der Waals surface area contributed by atoms with E-state index in [1.165, 1.54) is 359 Å². The van der Waals surface area contributed by atoms with Crippen LogP contribution in [0.2, 0.25) is 0 Å². The summed E-state index contributed by atoms with van der Waals surface area (Å²) in [5.41, 5.74) is 32.8. The Labute approximate surface area is 799 Å². The lowest BCUT2D eigenvalue weighted by atomic mass is 9.88. The lowest BCUT2D eigenvalue weighted by Crippen LogP contribution is -1.95. The highest BCUT2D eigenvalue weighted by Crippen LogP contribution is 2.45. The van der Waals surface area contributed by atoms with E-state index in [1.807, 2.05) is 13.8 Å². The van der Waals surface area contributed by atoms with Crippen LogP contribution in [0.4, 0.5) is 0 Å². The maximum Gasteiger partial charge on any atom is 0.130 e. The van der Waals surface area contributed by atoms with Crippen LogP contribution in [0.25, 0.3) is 129 Å². The summed E-state index contributed by atoms with van der Waals surface area (Å²) in [6, 6.07) is 56.9. The van der Waals surface area contributed by atoms with Crippen molar-refractivity contribution in [3.05, 3.63) is 279 Å². The Hall–Kier alpha value is -10.0. The third kappa shape index (κ3) is 25.9. The molecule has 16 rings (SSSR count). The Kier molecular flexibility index (Phi) is 38.2. The van der Waals surface area contributed by atoms with Gasteiger partial charge < -0.3 is 9.59 Å². The SMILES string of the molecule is CC(=O)CC(C)C.CCCC(C)C.CCCCC(CC)CC.CCCCCCCCCCCC(C)=O.Cc1cc2c3cc(C)c(C)cc3c3cc(C)c(C)cc3c2cc1C.Cc1cc2c3cc(C)c(C)cc3c3cc(C)c(C)cc3c2cc1C.Cc1cc2c3cc(C)c(C)cc3c3cc(C)c(C)cc3c2cc1C.Cc1cc2c3cc(C)c(C)cc3c3cc(C)c(C)cc3c2cc1C. The van der Waals surface area contributed by atoms with Gasteiger partial charge in [-0.25, -0.2) is 0 Å². The summed E-state index contributed by atoms with van der Waals surface area (Å²) in [5, 5.41) is 33.2. The minimum Gasteiger partial charge on any atom is -0.300 e. The number of hydrogen-bond donors (Lipinski definition) is 0. The highest BCUT2D eigenvalue weighted by molar-refractivity contribution is 6.30. The molecule has 2 heteroatoms. The molecule has 0 bridgehead atoms. The highest BCUT2D eigenvalue weighted by atomic mass is 16.1. The van der Waals surface area contributed by atoms with Gasteiger partial charge in [-0.1, -0.05) is 304 Å². The van der Waals surface area contributed by atoms with Gasteiger partial charge in [0.2, 0.25) is 0 Å². The first kappa shape index (κ1) is 106. The van der Waals surface area contributed by atoms with Crippen molar-refractivity contribution in [2.45, 2.75) is 358 Å². The van der Waals surface area contributed by atoms with Crippen LogP contribution in [0.5, 0.6) is 0 Å². The minimum atomic E-state index is 0.287. The lowest BCUT2D eigenvalue weighted by Gasteiger charge is -2.16. The van der Waals surface area contributed by atoms with E-state index in [0.717, 1.165) is 31.1 Å². The number of rotatable bonds is 19. The normalized spacial score (nSPS) is 11.3. The smallest absolute Gasteiger partial charge is 0.130 e. The van der Waals surface area contributed by atoms with Gasteiger partial charge in [-0.15, -0.1) is 0 Å². The molecule has 0 aliphatic heterocycles. The van der Waals surface area contributed by atoms with Gasteiger partial charge in [-0.2, -0.15) is 0 Å². The second-order valence-corrected chi connectivity index (χ2v) is 41.4. The van der Waals surface area contributed by atoms with Gasteiger partial charge in [-0.3, -0.25) is 0 Å². The van der Waals surface area contributed by atoms with Crippen molar-refractivity contribution in [1.82, 2.24) is 0 Å². The molecule has 132 heavy (non-hydrogen) atoms. The fraction of sp³-hybridized carbons (Fsp3) is 0.431. The average molecular weight is 1760 g/mol. The number of benzene rings is 16. The van der Waals surface area contributed by atoms with Crippen molar-refractivity contribution in [1.29, 1.82) is 0 Å². The zero-order valence-electron chi connectivity index (χ0n) is 89.1. The number of ketones is 2. The van der Waals surface area contributed by atoms with Gasteiger partial charge in [0.1, 0.15) is 11.6 Å². The second-order valence-electron chi connectivity index (χ2n) is 41.4. The molecule has 700 valence electrons. The number of carbonyl (C=O) groups excluding carboxylic acids is 2. The predicted octanol–water partition coefficient (Wildman–Crippen LogP) is 40.2. The summed E-state index contributed by atoms with van der Waals surface area (Å²) in [7, 11) is 0. The summed E-state index contributed by atoms with van der Waals surface area (Å²) >= 11 is 0. The molecule has 0 aliphatic rings. The van der Waals surface area contributed by atoms with Crippen LogP contribution in [0, 0.1) is 184 Å². The molecule has 16 aromatic rings. The monoisotopic (exact) mass is 1760 g/mol. The molecular formula is C130H168O2. The van der Waals surface area contributed by atoms with E-state index in [9.17, 15) is 9.59 Å². The third-order valence-electron chi connectivity index (χ3n) is 29.4. The van der Waals surface area contributed by atoms with E-state index in [1.54, 1.807) is 13.8 Å². The van der Waals surface area contributed by atoms with E-state index in [0.29, 0.717) is 11.7 Å². The molecule has 2 nitrogen and oxygen atoms in total. The van der Waals surface area contributed by atoms with E-state index < -0.39 is 0 Å². The molecule has 0 aromatic heterocycles. The Balaban J connectivity index is 0.000000177. The zero-order valence-corrected chi connectivity index (χ0v) is 89.1. The standard InChI is InChI=1S/4C24H24.C13H26O.C9H20.C6H12O.C6H14/c4*1-13-7-19-20(8-14(13)2)22-10-16(4)18(6)12-24(22)23-11-17(5)15(3)9-21(19)23;1-3-4-5-6-7-8-9-10-11-12-13(2)14;1-4-7-8-9(5-2)6-3;1-5(2)4-6(3)7;1-4-5-6(2)3/h4*7-12H,1-6H3;3-12H2,1-2H3;9H,4-8H2,1-3H3;5H,4H2,1-3H3;6H,4-5H2,1-3H3. The zero-order chi connectivity index (χ0) is 97.3. The summed E-state index contributed by atoms with van der Waals surface area (Å²) in [6.45, 7) is 76.4. The molecule has 0 saturated heterocycles. The summed E-state index contributed by atoms with van der Waals surface area (Å²) in [4.78, 5) is 20.9. The lowest BCUT2D eigenvalue weighted by molar-refractivity contribution is -0.118. The van der Waals surface area contributed by atoms with Crippen LogP contribution in [0.1, 0.15) is 325 Å². The Morgan fingerprint density at radius 2 is 0.326 bits per heavy atom. The number of unbranched alkanes of at least 4 members (excludes halogenated alkanes) is 9. The van der Waals surface area contributed by atoms with Crippen LogP contribution in [-0.2, 0) is 9.59 Å². The average Bonchev–Trinajstić information content (AvgIpc) is 0.747. The number of carbonyl (C=O) groups is 2. The van der Waals surface area contributed by atoms with E-state index in [4.69, 9.17) is 0 Å². The molecule has 0 unspecified atom stereocenters. The van der Waals surface area contributed by atoms with Crippen molar-refractivity contribution in [3.63, 3.8) is 0 Å². The van der Waals surface area contributed by atoms with Gasteiger partial charge in [0, 0.05) is 12.8 Å². The quantitative estimate of drug-likeness (QED) is 0.0597. The first-order chi connectivity index (χ1) is 62.5. The maximum atomic E-state index is 10.7. The van der Waals surface area contributed by atoms with Crippen molar-refractivity contribution >= 4 is 141 Å². The van der Waals surface area contributed by atoms with Crippen LogP contribution >= 0.6 is 0 Å². The van der Waals surface area contributed by atoms with Crippen molar-refractivity contribution in [2.24, 2.45) is 17.8 Å². The molecule has 0 radical (unpaired) electrons. The molecule has 0 fully saturated rings. The molecule has 0 spiro atoms. The van der Waals surface area contributed by atoms with Crippen molar-refractivity contribution in [2.75, 3.05) is 0 Å². The van der Waals surface area contributed by atoms with E-state index in [2.05, 4.69) is 360 Å². The second kappa shape index (κ2) is 47.7. The molecule has 16 aromatic carbocycles. The Morgan fingerprint density at radius 1 is 0.182 bits per heavy atom.